The first-order chi connectivity index (χ1) is 8.85. The molecule has 0 aromatic rings. The van der Waals surface area contributed by atoms with Gasteiger partial charge in [0.2, 0.25) is 0 Å². The van der Waals surface area contributed by atoms with Gasteiger partial charge >= 0.3 is 6.18 Å². The molecule has 1 unspecified atom stereocenters. The zero-order valence-electron chi connectivity index (χ0n) is 12.0. The second-order valence-corrected chi connectivity index (χ2v) is 5.99. The minimum atomic E-state index is -4.21. The first kappa shape index (κ1) is 16.8. The summed E-state index contributed by atoms with van der Waals surface area (Å²) in [4.78, 5) is 0. The number of rotatable bonds is 10. The minimum Gasteiger partial charge on any atom is -0.372 e. The van der Waals surface area contributed by atoms with Gasteiger partial charge in [0.1, 0.15) is 6.61 Å². The summed E-state index contributed by atoms with van der Waals surface area (Å²) in [6.45, 7) is 4.40. The van der Waals surface area contributed by atoms with Crippen LogP contribution >= 0.6 is 0 Å². The molecule has 0 saturated heterocycles. The smallest absolute Gasteiger partial charge is 0.372 e. The Balaban J connectivity index is 2.16. The van der Waals surface area contributed by atoms with Crippen molar-refractivity contribution in [1.29, 1.82) is 0 Å². The number of hydrogen-bond donors (Lipinski definition) is 1. The largest absolute Gasteiger partial charge is 0.411 e. The molecule has 0 amide bonds. The van der Waals surface area contributed by atoms with Crippen molar-refractivity contribution in [3.63, 3.8) is 0 Å². The summed E-state index contributed by atoms with van der Waals surface area (Å²) in [7, 11) is 0. The van der Waals surface area contributed by atoms with E-state index in [4.69, 9.17) is 0 Å². The number of alkyl halides is 3. The molecule has 19 heavy (non-hydrogen) atoms. The molecule has 5 heteroatoms. The quantitative estimate of drug-likeness (QED) is 0.613. The Hall–Kier alpha value is -0.290. The van der Waals surface area contributed by atoms with Crippen LogP contribution < -0.4 is 5.32 Å². The molecule has 1 fully saturated rings. The molecule has 1 N–H and O–H groups in total. The molecule has 0 aliphatic heterocycles. The van der Waals surface area contributed by atoms with Crippen LogP contribution in [-0.4, -0.2) is 32.0 Å². The fraction of sp³-hybridized carbons (Fsp3) is 1.00. The maximum atomic E-state index is 11.9. The lowest BCUT2D eigenvalue weighted by molar-refractivity contribution is -0.174. The lowest BCUT2D eigenvalue weighted by atomic mass is 9.81. The molecule has 1 aliphatic carbocycles. The van der Waals surface area contributed by atoms with E-state index in [0.717, 1.165) is 25.8 Å². The number of nitrogens with one attached hydrogen (secondary N) is 1. The van der Waals surface area contributed by atoms with Gasteiger partial charge in [0.05, 0.1) is 0 Å². The van der Waals surface area contributed by atoms with Gasteiger partial charge in [-0.1, -0.05) is 20.3 Å². The first-order valence-electron chi connectivity index (χ1n) is 7.22. The maximum Gasteiger partial charge on any atom is 0.411 e. The van der Waals surface area contributed by atoms with Crippen molar-refractivity contribution in [2.75, 3.05) is 19.8 Å². The third-order valence-corrected chi connectivity index (χ3v) is 3.58. The molecule has 1 atom stereocenters. The molecule has 0 bridgehead atoms. The molecule has 1 saturated carbocycles. The number of ether oxygens (including phenoxy) is 1. The number of hydrogen-bond acceptors (Lipinski definition) is 2. The van der Waals surface area contributed by atoms with Gasteiger partial charge in [0.25, 0.3) is 0 Å². The summed E-state index contributed by atoms with van der Waals surface area (Å²) in [5, 5.41) is 3.53. The maximum absolute atomic E-state index is 11.9. The van der Waals surface area contributed by atoms with Crippen LogP contribution in [0.3, 0.4) is 0 Å². The lowest BCUT2D eigenvalue weighted by Crippen LogP contribution is -2.33. The van der Waals surface area contributed by atoms with Gasteiger partial charge in [0, 0.05) is 19.2 Å². The van der Waals surface area contributed by atoms with E-state index in [9.17, 15) is 13.2 Å². The Morgan fingerprint density at radius 3 is 2.42 bits per heavy atom. The highest BCUT2D eigenvalue weighted by Gasteiger charge is 2.29. The molecule has 1 rings (SSSR count). The third kappa shape index (κ3) is 8.47. The van der Waals surface area contributed by atoms with Crippen LogP contribution in [-0.2, 0) is 4.74 Å². The van der Waals surface area contributed by atoms with Gasteiger partial charge in [-0.3, -0.25) is 0 Å². The monoisotopic (exact) mass is 281 g/mol. The van der Waals surface area contributed by atoms with Crippen molar-refractivity contribution < 1.29 is 17.9 Å². The molecular weight excluding hydrogens is 255 g/mol. The molecular formula is C14H26F3NO. The summed E-state index contributed by atoms with van der Waals surface area (Å²) in [6, 6.07) is 0.678. The van der Waals surface area contributed by atoms with E-state index in [0.29, 0.717) is 12.5 Å². The minimum absolute atomic E-state index is 0.179. The summed E-state index contributed by atoms with van der Waals surface area (Å²) in [5.41, 5.74) is 0.179. The van der Waals surface area contributed by atoms with Gasteiger partial charge in [0.15, 0.2) is 0 Å². The van der Waals surface area contributed by atoms with Crippen LogP contribution in [0.5, 0.6) is 0 Å². The van der Waals surface area contributed by atoms with Gasteiger partial charge in [-0.15, -0.1) is 0 Å². The molecule has 114 valence electrons. The number of halogens is 3. The Labute approximate surface area is 114 Å². The average Bonchev–Trinajstić information content (AvgIpc) is 3.09. The molecule has 1 aliphatic rings. The molecule has 0 spiro atoms. The fourth-order valence-corrected chi connectivity index (χ4v) is 2.37. The van der Waals surface area contributed by atoms with Crippen molar-refractivity contribution in [2.24, 2.45) is 5.41 Å². The second-order valence-electron chi connectivity index (χ2n) is 5.99. The Morgan fingerprint density at radius 1 is 1.21 bits per heavy atom. The highest BCUT2D eigenvalue weighted by atomic mass is 19.4. The molecule has 0 aromatic heterocycles. The molecule has 2 nitrogen and oxygen atoms in total. The zero-order chi connectivity index (χ0) is 14.4. The van der Waals surface area contributed by atoms with E-state index in [1.54, 1.807) is 0 Å². The van der Waals surface area contributed by atoms with Gasteiger partial charge < -0.3 is 10.1 Å². The van der Waals surface area contributed by atoms with E-state index in [1.807, 2.05) is 0 Å². The van der Waals surface area contributed by atoms with E-state index in [-0.39, 0.29) is 12.0 Å². The SMILES string of the molecule is CCCC(C)(CCCOCC(F)(F)F)CNC1CC1. The van der Waals surface area contributed by atoms with Gasteiger partial charge in [-0.05, 0) is 37.5 Å². The van der Waals surface area contributed by atoms with E-state index in [1.165, 1.54) is 12.8 Å². The third-order valence-electron chi connectivity index (χ3n) is 3.58. The Morgan fingerprint density at radius 2 is 1.89 bits per heavy atom. The van der Waals surface area contributed by atoms with Crippen LogP contribution in [0, 0.1) is 5.41 Å². The van der Waals surface area contributed by atoms with Crippen LogP contribution in [0.15, 0.2) is 0 Å². The predicted molar refractivity (Wildman–Crippen MR) is 70.1 cm³/mol. The summed E-state index contributed by atoms with van der Waals surface area (Å²) in [5.74, 6) is 0. The van der Waals surface area contributed by atoms with E-state index < -0.39 is 12.8 Å². The van der Waals surface area contributed by atoms with Crippen molar-refractivity contribution >= 4 is 0 Å². The van der Waals surface area contributed by atoms with Crippen LogP contribution in [0.2, 0.25) is 0 Å². The van der Waals surface area contributed by atoms with Gasteiger partial charge in [-0.25, -0.2) is 0 Å². The van der Waals surface area contributed by atoms with Crippen molar-refractivity contribution in [2.45, 2.75) is 64.6 Å². The average molecular weight is 281 g/mol. The van der Waals surface area contributed by atoms with Crippen LogP contribution in [0.4, 0.5) is 13.2 Å². The van der Waals surface area contributed by atoms with Crippen LogP contribution in [0.25, 0.3) is 0 Å². The molecule has 0 aromatic carbocycles. The second kappa shape index (κ2) is 7.48. The van der Waals surface area contributed by atoms with Crippen molar-refractivity contribution in [3.8, 4) is 0 Å². The van der Waals surface area contributed by atoms with Crippen molar-refractivity contribution in [3.05, 3.63) is 0 Å². The van der Waals surface area contributed by atoms with Crippen LogP contribution in [0.1, 0.15) is 52.4 Å². The Kier molecular flexibility index (Phi) is 6.60. The molecule has 0 heterocycles. The summed E-state index contributed by atoms with van der Waals surface area (Å²) in [6.07, 6.45) is 2.13. The van der Waals surface area contributed by atoms with E-state index in [2.05, 4.69) is 23.9 Å². The lowest BCUT2D eigenvalue weighted by Gasteiger charge is -2.30. The molecule has 0 radical (unpaired) electrons. The van der Waals surface area contributed by atoms with Crippen molar-refractivity contribution in [1.82, 2.24) is 5.32 Å². The first-order valence-corrected chi connectivity index (χ1v) is 7.22. The normalized spacial score (nSPS) is 19.4. The summed E-state index contributed by atoms with van der Waals surface area (Å²) >= 11 is 0. The fourth-order valence-electron chi connectivity index (χ4n) is 2.37. The zero-order valence-corrected chi connectivity index (χ0v) is 12.0. The predicted octanol–water partition coefficient (Wildman–Crippen LogP) is 3.90. The topological polar surface area (TPSA) is 21.3 Å². The standard InChI is InChI=1S/C14H26F3NO/c1-3-7-13(2,10-18-12-5-6-12)8-4-9-19-11-14(15,16)17/h12,18H,3-11H2,1-2H3. The highest BCUT2D eigenvalue weighted by Crippen LogP contribution is 2.30. The van der Waals surface area contributed by atoms with Gasteiger partial charge in [-0.2, -0.15) is 13.2 Å². The highest BCUT2D eigenvalue weighted by molar-refractivity contribution is 4.85. The van der Waals surface area contributed by atoms with E-state index >= 15 is 0 Å². The Bertz CT molecular complexity index is 254. The summed E-state index contributed by atoms with van der Waals surface area (Å²) < 4.78 is 40.4.